The Kier molecular flexibility index (Phi) is 6.11. The molecule has 0 atom stereocenters. The van der Waals surface area contributed by atoms with Crippen molar-refractivity contribution in [3.63, 3.8) is 0 Å². The number of hydrogen-bond donors (Lipinski definition) is 2. The highest BCUT2D eigenvalue weighted by atomic mass is 79.9. The molecule has 2 N–H and O–H groups in total. The number of nitrogens with one attached hydrogen (secondary N) is 2. The van der Waals surface area contributed by atoms with Crippen LogP contribution in [0.25, 0.3) is 0 Å². The largest absolute Gasteiger partial charge is 0.348 e. The van der Waals surface area contributed by atoms with Gasteiger partial charge in [0, 0.05) is 16.6 Å². The number of rotatable bonds is 6. The molecule has 0 aromatic heterocycles. The molecular formula is C20H16BrFN2O3S. The van der Waals surface area contributed by atoms with Crippen LogP contribution in [0.15, 0.2) is 82.2 Å². The van der Waals surface area contributed by atoms with E-state index in [9.17, 15) is 17.6 Å². The van der Waals surface area contributed by atoms with Crippen molar-refractivity contribution in [1.82, 2.24) is 5.32 Å². The molecule has 0 saturated heterocycles. The molecule has 0 bridgehead atoms. The lowest BCUT2D eigenvalue weighted by molar-refractivity contribution is 0.0951. The van der Waals surface area contributed by atoms with Gasteiger partial charge in [-0.05, 0) is 54.1 Å². The van der Waals surface area contributed by atoms with E-state index in [1.807, 2.05) is 24.3 Å². The second-order valence-corrected chi connectivity index (χ2v) is 8.52. The predicted octanol–water partition coefficient (Wildman–Crippen LogP) is 4.32. The Morgan fingerprint density at radius 2 is 1.68 bits per heavy atom. The highest BCUT2D eigenvalue weighted by Crippen LogP contribution is 2.19. The van der Waals surface area contributed by atoms with Crippen LogP contribution in [0.5, 0.6) is 0 Å². The number of amides is 1. The van der Waals surface area contributed by atoms with Crippen LogP contribution >= 0.6 is 15.9 Å². The molecule has 0 spiro atoms. The lowest BCUT2D eigenvalue weighted by Crippen LogP contribution is -2.23. The van der Waals surface area contributed by atoms with Gasteiger partial charge in [-0.2, -0.15) is 0 Å². The molecule has 3 rings (SSSR count). The van der Waals surface area contributed by atoms with Crippen molar-refractivity contribution < 1.29 is 17.6 Å². The van der Waals surface area contributed by atoms with Crippen LogP contribution in [0.3, 0.4) is 0 Å². The van der Waals surface area contributed by atoms with E-state index in [-0.39, 0.29) is 16.5 Å². The number of halogens is 2. The summed E-state index contributed by atoms with van der Waals surface area (Å²) in [6.45, 7) is 0.340. The van der Waals surface area contributed by atoms with Gasteiger partial charge in [0.2, 0.25) is 0 Å². The minimum Gasteiger partial charge on any atom is -0.348 e. The molecule has 3 aromatic rings. The second-order valence-electron chi connectivity index (χ2n) is 5.92. The number of para-hydroxylation sites is 1. The molecule has 0 saturated carbocycles. The second kappa shape index (κ2) is 8.53. The van der Waals surface area contributed by atoms with Gasteiger partial charge in [-0.3, -0.25) is 9.52 Å². The van der Waals surface area contributed by atoms with E-state index < -0.39 is 15.8 Å². The molecule has 0 heterocycles. The third-order valence-electron chi connectivity index (χ3n) is 3.89. The van der Waals surface area contributed by atoms with E-state index >= 15 is 0 Å². The molecule has 0 radical (unpaired) electrons. The fourth-order valence-electron chi connectivity index (χ4n) is 2.46. The van der Waals surface area contributed by atoms with E-state index in [1.54, 1.807) is 0 Å². The number of anilines is 1. The van der Waals surface area contributed by atoms with Gasteiger partial charge in [0.05, 0.1) is 10.6 Å². The first-order valence-electron chi connectivity index (χ1n) is 8.25. The summed E-state index contributed by atoms with van der Waals surface area (Å²) in [6, 6.07) is 18.4. The van der Waals surface area contributed by atoms with Crippen LogP contribution in [0.2, 0.25) is 0 Å². The molecule has 0 aliphatic carbocycles. The lowest BCUT2D eigenvalue weighted by atomic mass is 10.2. The van der Waals surface area contributed by atoms with E-state index in [1.165, 1.54) is 42.5 Å². The predicted molar refractivity (Wildman–Crippen MR) is 109 cm³/mol. The molecule has 28 heavy (non-hydrogen) atoms. The highest BCUT2D eigenvalue weighted by Gasteiger charge is 2.17. The summed E-state index contributed by atoms with van der Waals surface area (Å²) in [4.78, 5) is 12.2. The summed E-state index contributed by atoms with van der Waals surface area (Å²) < 4.78 is 41.6. The first kappa shape index (κ1) is 20.0. The first-order valence-corrected chi connectivity index (χ1v) is 10.5. The van der Waals surface area contributed by atoms with Crippen molar-refractivity contribution in [1.29, 1.82) is 0 Å². The van der Waals surface area contributed by atoms with Gasteiger partial charge in [-0.15, -0.1) is 0 Å². The Balaban J connectivity index is 1.68. The van der Waals surface area contributed by atoms with Crippen molar-refractivity contribution in [2.75, 3.05) is 4.72 Å². The lowest BCUT2D eigenvalue weighted by Gasteiger charge is -2.10. The zero-order valence-corrected chi connectivity index (χ0v) is 16.9. The maximum absolute atomic E-state index is 13.7. The topological polar surface area (TPSA) is 75.3 Å². The minimum atomic E-state index is -3.97. The first-order chi connectivity index (χ1) is 13.3. The summed E-state index contributed by atoms with van der Waals surface area (Å²) in [6.07, 6.45) is 0. The zero-order valence-electron chi connectivity index (χ0n) is 14.5. The SMILES string of the molecule is O=C(NCc1cccc(Br)c1)c1ccc(S(=O)(=O)Nc2ccccc2F)cc1. The molecule has 8 heteroatoms. The average Bonchev–Trinajstić information content (AvgIpc) is 2.68. The molecular weight excluding hydrogens is 447 g/mol. The number of carbonyl (C=O) groups excluding carboxylic acids is 1. The third-order valence-corrected chi connectivity index (χ3v) is 5.76. The van der Waals surface area contributed by atoms with Crippen LogP contribution in [0, 0.1) is 5.82 Å². The number of hydrogen-bond acceptors (Lipinski definition) is 3. The maximum Gasteiger partial charge on any atom is 0.261 e. The smallest absolute Gasteiger partial charge is 0.261 e. The number of sulfonamides is 1. The minimum absolute atomic E-state index is 0.0701. The molecule has 5 nitrogen and oxygen atoms in total. The molecule has 0 unspecified atom stereocenters. The Hall–Kier alpha value is -2.71. The van der Waals surface area contributed by atoms with Gasteiger partial charge in [-0.1, -0.05) is 40.2 Å². The molecule has 1 amide bonds. The maximum atomic E-state index is 13.7. The van der Waals surface area contributed by atoms with Crippen molar-refractivity contribution in [3.8, 4) is 0 Å². The van der Waals surface area contributed by atoms with Crippen LogP contribution in [0.4, 0.5) is 10.1 Å². The molecule has 144 valence electrons. The Labute approximate surface area is 170 Å². The molecule has 0 aliphatic heterocycles. The zero-order chi connectivity index (χ0) is 20.1. The summed E-state index contributed by atoms with van der Waals surface area (Å²) in [7, 11) is -3.97. The van der Waals surface area contributed by atoms with E-state index in [0.717, 1.165) is 16.1 Å². The number of benzene rings is 3. The van der Waals surface area contributed by atoms with Gasteiger partial charge in [0.15, 0.2) is 0 Å². The van der Waals surface area contributed by atoms with Gasteiger partial charge >= 0.3 is 0 Å². The Bertz CT molecular complexity index is 1100. The Morgan fingerprint density at radius 3 is 2.36 bits per heavy atom. The van der Waals surface area contributed by atoms with E-state index in [4.69, 9.17) is 0 Å². The van der Waals surface area contributed by atoms with E-state index in [0.29, 0.717) is 12.1 Å². The molecule has 0 aliphatic rings. The van der Waals surface area contributed by atoms with Crippen molar-refractivity contribution >= 4 is 37.5 Å². The van der Waals surface area contributed by atoms with Crippen LogP contribution in [0.1, 0.15) is 15.9 Å². The van der Waals surface area contributed by atoms with Gasteiger partial charge in [0.1, 0.15) is 5.82 Å². The van der Waals surface area contributed by atoms with Gasteiger partial charge < -0.3 is 5.32 Å². The van der Waals surface area contributed by atoms with Crippen LogP contribution in [-0.2, 0) is 16.6 Å². The van der Waals surface area contributed by atoms with Crippen molar-refractivity contribution in [3.05, 3.63) is 94.2 Å². The van der Waals surface area contributed by atoms with Crippen LogP contribution < -0.4 is 10.0 Å². The van der Waals surface area contributed by atoms with Crippen molar-refractivity contribution in [2.24, 2.45) is 0 Å². The molecule has 0 fully saturated rings. The summed E-state index contributed by atoms with van der Waals surface area (Å²) in [5, 5.41) is 2.77. The number of carbonyl (C=O) groups is 1. The Morgan fingerprint density at radius 1 is 0.964 bits per heavy atom. The fraction of sp³-hybridized carbons (Fsp3) is 0.0500. The van der Waals surface area contributed by atoms with E-state index in [2.05, 4.69) is 26.0 Å². The van der Waals surface area contributed by atoms with Gasteiger partial charge in [0.25, 0.3) is 15.9 Å². The summed E-state index contributed by atoms with van der Waals surface area (Å²) in [5.74, 6) is -0.999. The monoisotopic (exact) mass is 462 g/mol. The molecule has 3 aromatic carbocycles. The fourth-order valence-corrected chi connectivity index (χ4v) is 3.98. The van der Waals surface area contributed by atoms with Crippen molar-refractivity contribution in [2.45, 2.75) is 11.4 Å². The van der Waals surface area contributed by atoms with Gasteiger partial charge in [-0.25, -0.2) is 12.8 Å². The van der Waals surface area contributed by atoms with Crippen LogP contribution in [-0.4, -0.2) is 14.3 Å². The standard InChI is InChI=1S/C20H16BrFN2O3S/c21-16-5-3-4-14(12-16)13-23-20(25)15-8-10-17(11-9-15)28(26,27)24-19-7-2-1-6-18(19)22/h1-12,24H,13H2,(H,23,25). The highest BCUT2D eigenvalue weighted by molar-refractivity contribution is 9.10. The summed E-state index contributed by atoms with van der Waals surface area (Å²) >= 11 is 3.37. The summed E-state index contributed by atoms with van der Waals surface area (Å²) in [5.41, 5.74) is 1.11. The average molecular weight is 463 g/mol. The normalized spacial score (nSPS) is 11.1. The quantitative estimate of drug-likeness (QED) is 0.572. The third kappa shape index (κ3) is 4.96.